The Morgan fingerprint density at radius 3 is 2.27 bits per heavy atom. The molecule has 3 heterocycles. The summed E-state index contributed by atoms with van der Waals surface area (Å²) in [6.45, 7) is 6.03. The number of methoxy groups -OCH3 is 1. The van der Waals surface area contributed by atoms with E-state index < -0.39 is 10.0 Å². The molecule has 4 rings (SSSR count). The first-order chi connectivity index (χ1) is 14.4. The Kier molecular flexibility index (Phi) is 5.48. The molecule has 9 heteroatoms. The van der Waals surface area contributed by atoms with E-state index in [1.807, 2.05) is 36.7 Å². The molecule has 0 spiro atoms. The summed E-state index contributed by atoms with van der Waals surface area (Å²) >= 11 is 0. The third-order valence-corrected chi connectivity index (χ3v) is 7.28. The van der Waals surface area contributed by atoms with Crippen LogP contribution in [-0.4, -0.2) is 60.8 Å². The zero-order valence-corrected chi connectivity index (χ0v) is 18.1. The molecule has 1 aliphatic rings. The van der Waals surface area contributed by atoms with Crippen LogP contribution >= 0.6 is 0 Å². The lowest BCUT2D eigenvalue weighted by Gasteiger charge is -2.35. The molecule has 30 heavy (non-hydrogen) atoms. The highest BCUT2D eigenvalue weighted by Gasteiger charge is 2.30. The van der Waals surface area contributed by atoms with Gasteiger partial charge in [0, 0.05) is 32.4 Å². The topological polar surface area (TPSA) is 80.6 Å². The summed E-state index contributed by atoms with van der Waals surface area (Å²) in [4.78, 5) is 6.87. The van der Waals surface area contributed by atoms with Gasteiger partial charge in [0.15, 0.2) is 5.82 Å². The van der Waals surface area contributed by atoms with Crippen molar-refractivity contribution in [3.63, 3.8) is 0 Å². The number of nitrogens with zero attached hydrogens (tertiary/aromatic N) is 5. The molecule has 1 fully saturated rings. The zero-order chi connectivity index (χ0) is 21.3. The normalized spacial score (nSPS) is 15.4. The van der Waals surface area contributed by atoms with E-state index in [0.717, 1.165) is 22.9 Å². The van der Waals surface area contributed by atoms with E-state index in [2.05, 4.69) is 15.0 Å². The second kappa shape index (κ2) is 8.08. The van der Waals surface area contributed by atoms with Gasteiger partial charge in [0.1, 0.15) is 5.75 Å². The van der Waals surface area contributed by atoms with Gasteiger partial charge in [-0.3, -0.25) is 0 Å². The fourth-order valence-electron chi connectivity index (χ4n) is 3.84. The molecule has 0 radical (unpaired) electrons. The summed E-state index contributed by atoms with van der Waals surface area (Å²) in [5.41, 5.74) is 2.95. The van der Waals surface area contributed by atoms with Crippen LogP contribution in [0.15, 0.2) is 53.6 Å². The molecule has 0 atom stereocenters. The van der Waals surface area contributed by atoms with Gasteiger partial charge in [0.2, 0.25) is 10.0 Å². The largest absolute Gasteiger partial charge is 0.497 e. The van der Waals surface area contributed by atoms with Crippen LogP contribution in [0, 0.1) is 13.8 Å². The maximum atomic E-state index is 13.0. The first-order valence-corrected chi connectivity index (χ1v) is 11.2. The molecule has 1 aromatic carbocycles. The fourth-order valence-corrected chi connectivity index (χ4v) is 5.27. The molecular weight excluding hydrogens is 402 g/mol. The summed E-state index contributed by atoms with van der Waals surface area (Å²) in [6, 6.07) is 12.2. The van der Waals surface area contributed by atoms with Crippen LogP contribution in [0.4, 0.5) is 5.69 Å². The molecule has 3 aromatic rings. The molecule has 0 amide bonds. The predicted molar refractivity (Wildman–Crippen MR) is 115 cm³/mol. The van der Waals surface area contributed by atoms with Crippen molar-refractivity contribution in [2.75, 3.05) is 38.2 Å². The van der Waals surface area contributed by atoms with Crippen molar-refractivity contribution >= 4 is 15.7 Å². The second-order valence-corrected chi connectivity index (χ2v) is 9.12. The monoisotopic (exact) mass is 427 g/mol. The number of ether oxygens (including phenoxy) is 1. The molecule has 0 saturated carbocycles. The zero-order valence-electron chi connectivity index (χ0n) is 17.3. The van der Waals surface area contributed by atoms with E-state index in [1.165, 1.54) is 0 Å². The molecule has 1 saturated heterocycles. The summed E-state index contributed by atoms with van der Waals surface area (Å²) in [7, 11) is -1.97. The van der Waals surface area contributed by atoms with Gasteiger partial charge in [0.25, 0.3) is 0 Å². The molecule has 8 nitrogen and oxygen atoms in total. The predicted octanol–water partition coefficient (Wildman–Crippen LogP) is 2.40. The quantitative estimate of drug-likeness (QED) is 0.622. The standard InChI is InChI=1S/C21H25N5O3S/c1-16-21(17(2)26(23-16)20-6-4-5-11-22-20)24-12-14-25(15-13-24)30(27,28)19-9-7-18(29-3)8-10-19/h4-11H,12-15H2,1-3H3. The maximum Gasteiger partial charge on any atom is 0.243 e. The van der Waals surface area contributed by atoms with Crippen LogP contribution < -0.4 is 9.64 Å². The summed E-state index contributed by atoms with van der Waals surface area (Å²) in [5, 5.41) is 4.66. The van der Waals surface area contributed by atoms with Crippen molar-refractivity contribution in [2.45, 2.75) is 18.7 Å². The highest BCUT2D eigenvalue weighted by molar-refractivity contribution is 7.89. The van der Waals surface area contributed by atoms with E-state index >= 15 is 0 Å². The third-order valence-electron chi connectivity index (χ3n) is 5.37. The highest BCUT2D eigenvalue weighted by atomic mass is 32.2. The third kappa shape index (κ3) is 3.66. The second-order valence-electron chi connectivity index (χ2n) is 7.19. The average molecular weight is 428 g/mol. The molecule has 0 N–H and O–H groups in total. The van der Waals surface area contributed by atoms with Crippen molar-refractivity contribution in [3.8, 4) is 11.6 Å². The molecule has 1 aliphatic heterocycles. The summed E-state index contributed by atoms with van der Waals surface area (Å²) in [5.74, 6) is 1.40. The minimum atomic E-state index is -3.53. The average Bonchev–Trinajstić information content (AvgIpc) is 3.08. The highest BCUT2D eigenvalue weighted by Crippen LogP contribution is 2.28. The van der Waals surface area contributed by atoms with E-state index in [9.17, 15) is 8.42 Å². The van der Waals surface area contributed by atoms with Crippen LogP contribution in [0.5, 0.6) is 5.75 Å². The van der Waals surface area contributed by atoms with Gasteiger partial charge in [0.05, 0.1) is 29.1 Å². The smallest absolute Gasteiger partial charge is 0.243 e. The van der Waals surface area contributed by atoms with Gasteiger partial charge >= 0.3 is 0 Å². The van der Waals surface area contributed by atoms with E-state index in [4.69, 9.17) is 4.74 Å². The van der Waals surface area contributed by atoms with Crippen molar-refractivity contribution < 1.29 is 13.2 Å². The van der Waals surface area contributed by atoms with Crippen LogP contribution in [0.1, 0.15) is 11.4 Å². The van der Waals surface area contributed by atoms with Crippen LogP contribution in [0.2, 0.25) is 0 Å². The van der Waals surface area contributed by atoms with Gasteiger partial charge < -0.3 is 9.64 Å². The van der Waals surface area contributed by atoms with Gasteiger partial charge in [-0.15, -0.1) is 0 Å². The lowest BCUT2D eigenvalue weighted by Crippen LogP contribution is -2.49. The number of hydrogen-bond acceptors (Lipinski definition) is 6. The number of benzene rings is 1. The van der Waals surface area contributed by atoms with Crippen LogP contribution in [0.3, 0.4) is 0 Å². The Hall–Kier alpha value is -2.91. The SMILES string of the molecule is COc1ccc(S(=O)(=O)N2CCN(c3c(C)nn(-c4ccccn4)c3C)CC2)cc1. The van der Waals surface area contributed by atoms with E-state index in [-0.39, 0.29) is 4.90 Å². The van der Waals surface area contributed by atoms with Crippen LogP contribution in [-0.2, 0) is 10.0 Å². The van der Waals surface area contributed by atoms with Gasteiger partial charge in [-0.25, -0.2) is 18.1 Å². The van der Waals surface area contributed by atoms with Crippen molar-refractivity contribution in [1.82, 2.24) is 19.1 Å². The number of aromatic nitrogens is 3. The Morgan fingerprint density at radius 2 is 1.67 bits per heavy atom. The van der Waals surface area contributed by atoms with Gasteiger partial charge in [-0.05, 0) is 50.2 Å². The summed E-state index contributed by atoms with van der Waals surface area (Å²) in [6.07, 6.45) is 1.74. The number of aryl methyl sites for hydroxylation is 1. The Labute approximate surface area is 176 Å². The molecular formula is C21H25N5O3S. The van der Waals surface area contributed by atoms with Crippen molar-refractivity contribution in [1.29, 1.82) is 0 Å². The van der Waals surface area contributed by atoms with Gasteiger partial charge in [-0.1, -0.05) is 6.07 Å². The minimum Gasteiger partial charge on any atom is -0.497 e. The molecule has 0 bridgehead atoms. The lowest BCUT2D eigenvalue weighted by molar-refractivity contribution is 0.384. The maximum absolute atomic E-state index is 13.0. The number of hydrogen-bond donors (Lipinski definition) is 0. The lowest BCUT2D eigenvalue weighted by atomic mass is 10.2. The first kappa shape index (κ1) is 20.4. The number of rotatable bonds is 5. The molecule has 0 aliphatic carbocycles. The first-order valence-electron chi connectivity index (χ1n) is 9.78. The van der Waals surface area contributed by atoms with Crippen molar-refractivity contribution in [3.05, 3.63) is 60.0 Å². The molecule has 2 aromatic heterocycles. The van der Waals surface area contributed by atoms with Crippen molar-refractivity contribution in [2.24, 2.45) is 0 Å². The Balaban J connectivity index is 1.52. The Morgan fingerprint density at radius 1 is 0.967 bits per heavy atom. The molecule has 0 unspecified atom stereocenters. The van der Waals surface area contributed by atoms with Gasteiger partial charge in [-0.2, -0.15) is 9.40 Å². The molecule has 158 valence electrons. The number of piperazine rings is 1. The fraction of sp³-hybridized carbons (Fsp3) is 0.333. The Bertz CT molecular complexity index is 1120. The minimum absolute atomic E-state index is 0.284. The van der Waals surface area contributed by atoms with E-state index in [0.29, 0.717) is 31.9 Å². The van der Waals surface area contributed by atoms with E-state index in [1.54, 1.807) is 41.9 Å². The summed E-state index contributed by atoms with van der Waals surface area (Å²) < 4.78 is 34.5. The van der Waals surface area contributed by atoms with Crippen LogP contribution in [0.25, 0.3) is 5.82 Å². The number of sulfonamides is 1. The number of anilines is 1. The number of pyridine rings is 1.